The summed E-state index contributed by atoms with van der Waals surface area (Å²) >= 11 is 0. The minimum Gasteiger partial charge on any atom is -0.480 e. The van der Waals surface area contributed by atoms with Crippen molar-refractivity contribution in [2.75, 3.05) is 33.0 Å². The molecule has 0 heterocycles. The Bertz CT molecular complexity index is 521. The minimum atomic E-state index is -1.10. The number of unbranched alkanes of at least 4 members (excludes halogenated alkanes) is 1. The maximum atomic E-state index is 11.7. The molecule has 0 saturated heterocycles. The van der Waals surface area contributed by atoms with Crippen molar-refractivity contribution in [2.45, 2.75) is 38.1 Å². The molecule has 0 rings (SSSR count). The number of terminal acetylenes is 2. The van der Waals surface area contributed by atoms with Crippen LogP contribution in [0.5, 0.6) is 0 Å². The van der Waals surface area contributed by atoms with Gasteiger partial charge >= 0.3 is 5.97 Å². The number of carboxylic acid groups (broad SMARTS) is 1. The van der Waals surface area contributed by atoms with Gasteiger partial charge in [-0.05, 0) is 19.3 Å². The minimum absolute atomic E-state index is 0.0449. The number of aliphatic carboxylic acids is 1. The van der Waals surface area contributed by atoms with Gasteiger partial charge in [0.25, 0.3) is 0 Å². The summed E-state index contributed by atoms with van der Waals surface area (Å²) in [5.41, 5.74) is 0. The van der Waals surface area contributed by atoms with Gasteiger partial charge in [-0.15, -0.1) is 12.8 Å². The van der Waals surface area contributed by atoms with Crippen molar-refractivity contribution in [3.05, 3.63) is 0 Å². The van der Waals surface area contributed by atoms with Gasteiger partial charge < -0.3 is 25.2 Å². The maximum Gasteiger partial charge on any atom is 0.326 e. The molecule has 1 unspecified atom stereocenters. The van der Waals surface area contributed by atoms with E-state index in [4.69, 9.17) is 27.4 Å². The summed E-state index contributed by atoms with van der Waals surface area (Å²) in [4.78, 5) is 34.3. The van der Waals surface area contributed by atoms with Gasteiger partial charge in [0.15, 0.2) is 0 Å². The van der Waals surface area contributed by atoms with Crippen LogP contribution in [-0.4, -0.2) is 61.9 Å². The van der Waals surface area contributed by atoms with Crippen LogP contribution < -0.4 is 10.6 Å². The first-order chi connectivity index (χ1) is 12.5. The Hall–Kier alpha value is -2.55. The fourth-order valence-electron chi connectivity index (χ4n) is 1.91. The molecule has 144 valence electrons. The van der Waals surface area contributed by atoms with E-state index in [-0.39, 0.29) is 51.6 Å². The Kier molecular flexibility index (Phi) is 14.4. The molecule has 0 radical (unpaired) electrons. The highest BCUT2D eigenvalue weighted by Crippen LogP contribution is 2.02. The molecule has 1 atom stereocenters. The number of amides is 2. The average molecular weight is 366 g/mol. The van der Waals surface area contributed by atoms with Crippen molar-refractivity contribution in [3.63, 3.8) is 0 Å². The molecule has 0 aliphatic rings. The van der Waals surface area contributed by atoms with Gasteiger partial charge in [-0.25, -0.2) is 4.79 Å². The van der Waals surface area contributed by atoms with Gasteiger partial charge in [-0.1, -0.05) is 11.8 Å². The predicted molar refractivity (Wildman–Crippen MR) is 95.0 cm³/mol. The predicted octanol–water partition coefficient (Wildman–Crippen LogP) is -0.0779. The summed E-state index contributed by atoms with van der Waals surface area (Å²) < 4.78 is 9.97. The number of hydrogen-bond acceptors (Lipinski definition) is 5. The van der Waals surface area contributed by atoms with Crippen molar-refractivity contribution >= 4 is 17.8 Å². The van der Waals surface area contributed by atoms with E-state index < -0.39 is 17.9 Å². The first-order valence-electron chi connectivity index (χ1n) is 8.32. The van der Waals surface area contributed by atoms with Crippen LogP contribution >= 0.6 is 0 Å². The molecule has 0 aromatic carbocycles. The SMILES string of the molecule is C#CCOCCC(=O)NCCCCC(NC(=O)CCOCC#C)C(=O)O. The molecule has 0 fully saturated rings. The smallest absolute Gasteiger partial charge is 0.326 e. The highest BCUT2D eigenvalue weighted by molar-refractivity contribution is 5.83. The van der Waals surface area contributed by atoms with E-state index in [0.29, 0.717) is 19.4 Å². The third kappa shape index (κ3) is 13.8. The molecule has 0 aromatic rings. The first kappa shape index (κ1) is 23.4. The van der Waals surface area contributed by atoms with Crippen LogP contribution in [-0.2, 0) is 23.9 Å². The summed E-state index contributed by atoms with van der Waals surface area (Å²) in [6.07, 6.45) is 11.7. The molecular weight excluding hydrogens is 340 g/mol. The summed E-state index contributed by atoms with van der Waals surface area (Å²) in [5.74, 6) is 2.91. The first-order valence-corrected chi connectivity index (χ1v) is 8.32. The second-order valence-electron chi connectivity index (χ2n) is 5.32. The molecule has 0 aliphatic carbocycles. The highest BCUT2D eigenvalue weighted by Gasteiger charge is 2.19. The molecule has 26 heavy (non-hydrogen) atoms. The zero-order valence-electron chi connectivity index (χ0n) is 14.8. The molecular formula is C18H26N2O6. The standard InChI is InChI=1S/C18H26N2O6/c1-3-11-25-13-8-16(21)19-10-6-5-7-15(18(23)24)20-17(22)9-14-26-12-4-2/h1-2,15H,5-14H2,(H,19,21)(H,20,22)(H,23,24). The quantitative estimate of drug-likeness (QED) is 0.276. The van der Waals surface area contributed by atoms with Crippen LogP contribution in [0.3, 0.4) is 0 Å². The van der Waals surface area contributed by atoms with Crippen molar-refractivity contribution < 1.29 is 29.0 Å². The van der Waals surface area contributed by atoms with Crippen LogP contribution in [0, 0.1) is 24.7 Å². The lowest BCUT2D eigenvalue weighted by Gasteiger charge is -2.14. The van der Waals surface area contributed by atoms with Crippen LogP contribution in [0.4, 0.5) is 0 Å². The second kappa shape index (κ2) is 15.9. The van der Waals surface area contributed by atoms with Crippen LogP contribution in [0.15, 0.2) is 0 Å². The van der Waals surface area contributed by atoms with Crippen molar-refractivity contribution in [1.29, 1.82) is 0 Å². The van der Waals surface area contributed by atoms with Crippen molar-refractivity contribution in [3.8, 4) is 24.7 Å². The number of carboxylic acids is 1. The van der Waals surface area contributed by atoms with Gasteiger partial charge in [0.1, 0.15) is 19.3 Å². The fraction of sp³-hybridized carbons (Fsp3) is 0.611. The molecule has 0 saturated carbocycles. The summed E-state index contributed by atoms with van der Waals surface area (Å²) in [6, 6.07) is -0.969. The van der Waals surface area contributed by atoms with E-state index in [9.17, 15) is 14.4 Å². The van der Waals surface area contributed by atoms with E-state index in [2.05, 4.69) is 22.5 Å². The molecule has 0 spiro atoms. The number of carbonyl (C=O) groups is 3. The lowest BCUT2D eigenvalue weighted by Crippen LogP contribution is -2.41. The second-order valence-corrected chi connectivity index (χ2v) is 5.32. The lowest BCUT2D eigenvalue weighted by atomic mass is 10.1. The third-order valence-corrected chi connectivity index (χ3v) is 3.19. The topological polar surface area (TPSA) is 114 Å². The third-order valence-electron chi connectivity index (χ3n) is 3.19. The van der Waals surface area contributed by atoms with Crippen LogP contribution in [0.25, 0.3) is 0 Å². The average Bonchev–Trinajstić information content (AvgIpc) is 2.61. The largest absolute Gasteiger partial charge is 0.480 e. The van der Waals surface area contributed by atoms with E-state index in [1.165, 1.54) is 0 Å². The zero-order chi connectivity index (χ0) is 19.6. The maximum absolute atomic E-state index is 11.7. The van der Waals surface area contributed by atoms with Crippen molar-refractivity contribution in [1.82, 2.24) is 10.6 Å². The number of nitrogens with one attached hydrogen (secondary N) is 2. The molecule has 8 nitrogen and oxygen atoms in total. The van der Waals surface area contributed by atoms with Crippen molar-refractivity contribution in [2.24, 2.45) is 0 Å². The van der Waals surface area contributed by atoms with Gasteiger partial charge in [0, 0.05) is 6.54 Å². The van der Waals surface area contributed by atoms with Gasteiger partial charge in [-0.3, -0.25) is 9.59 Å². The molecule has 3 N–H and O–H groups in total. The van der Waals surface area contributed by atoms with E-state index in [1.54, 1.807) is 0 Å². The van der Waals surface area contributed by atoms with E-state index in [0.717, 1.165) is 0 Å². The number of rotatable bonds is 15. The summed E-state index contributed by atoms with van der Waals surface area (Å²) in [5, 5.41) is 14.3. The fourth-order valence-corrected chi connectivity index (χ4v) is 1.91. The molecule has 0 aromatic heterocycles. The number of ether oxygens (including phenoxy) is 2. The van der Waals surface area contributed by atoms with Gasteiger partial charge in [-0.2, -0.15) is 0 Å². The summed E-state index contributed by atoms with van der Waals surface area (Å²) in [7, 11) is 0. The molecule has 2 amide bonds. The Morgan fingerprint density at radius 2 is 1.54 bits per heavy atom. The Balaban J connectivity index is 3.85. The van der Waals surface area contributed by atoms with Crippen LogP contribution in [0.1, 0.15) is 32.1 Å². The monoisotopic (exact) mass is 366 g/mol. The van der Waals surface area contributed by atoms with E-state index in [1.807, 2.05) is 0 Å². The molecule has 8 heteroatoms. The van der Waals surface area contributed by atoms with Crippen LogP contribution in [0.2, 0.25) is 0 Å². The lowest BCUT2D eigenvalue weighted by molar-refractivity contribution is -0.142. The molecule has 0 bridgehead atoms. The summed E-state index contributed by atoms with van der Waals surface area (Å²) in [6.45, 7) is 1.10. The Morgan fingerprint density at radius 1 is 0.962 bits per heavy atom. The highest BCUT2D eigenvalue weighted by atomic mass is 16.5. The zero-order valence-corrected chi connectivity index (χ0v) is 14.8. The van der Waals surface area contributed by atoms with Gasteiger partial charge in [0.05, 0.1) is 26.1 Å². The molecule has 0 aliphatic heterocycles. The number of carbonyl (C=O) groups excluding carboxylic acids is 2. The van der Waals surface area contributed by atoms with Gasteiger partial charge in [0.2, 0.25) is 11.8 Å². The van der Waals surface area contributed by atoms with E-state index >= 15 is 0 Å². The Labute approximate surface area is 154 Å². The normalized spacial score (nSPS) is 11.0. The number of hydrogen-bond donors (Lipinski definition) is 3. The Morgan fingerprint density at radius 3 is 2.08 bits per heavy atom.